The molecular weight excluding hydrogens is 299 g/mol. The molecule has 0 N–H and O–H groups in total. The van der Waals surface area contributed by atoms with Crippen molar-refractivity contribution >= 4 is 23.6 Å². The fourth-order valence-electron chi connectivity index (χ4n) is 2.64. The van der Waals surface area contributed by atoms with E-state index in [1.807, 2.05) is 0 Å². The predicted octanol–water partition coefficient (Wildman–Crippen LogP) is 3.10. The van der Waals surface area contributed by atoms with Crippen LogP contribution < -0.4 is 0 Å². The van der Waals surface area contributed by atoms with Gasteiger partial charge in [0.1, 0.15) is 5.82 Å². The zero-order valence-electron chi connectivity index (χ0n) is 13.0. The van der Waals surface area contributed by atoms with Crippen molar-refractivity contribution in [3.05, 3.63) is 41.2 Å². The molecule has 1 aromatic carbocycles. The molecule has 0 amide bonds. The molecule has 1 fully saturated rings. The maximum Gasteiger partial charge on any atom is 0.375 e. The number of ether oxygens (including phenoxy) is 1. The number of rotatable bonds is 4. The fourth-order valence-corrected chi connectivity index (χ4v) is 2.64. The second-order valence-corrected chi connectivity index (χ2v) is 5.47. The van der Waals surface area contributed by atoms with E-state index in [-0.39, 0.29) is 18.2 Å². The van der Waals surface area contributed by atoms with Crippen LogP contribution in [0.3, 0.4) is 0 Å². The van der Waals surface area contributed by atoms with Gasteiger partial charge in [-0.05, 0) is 55.5 Å². The minimum Gasteiger partial charge on any atom is -0.460 e. The Labute approximate surface area is 134 Å². The summed E-state index contributed by atoms with van der Waals surface area (Å²) in [4.78, 5) is 36.3. The van der Waals surface area contributed by atoms with Crippen LogP contribution in [-0.2, 0) is 19.1 Å². The summed E-state index contributed by atoms with van der Waals surface area (Å²) in [6, 6.07) is 5.77. The first-order valence-corrected chi connectivity index (χ1v) is 7.74. The van der Waals surface area contributed by atoms with Gasteiger partial charge in [0.05, 0.1) is 12.5 Å². The SMILES string of the molecule is CCOC(=O)C(=O)C1CCCC/C(=C\c2ccc(F)cc2)C1=O. The minimum absolute atomic E-state index is 0.101. The Hall–Kier alpha value is -2.30. The monoisotopic (exact) mass is 318 g/mol. The Balaban J connectivity index is 2.23. The van der Waals surface area contributed by atoms with Crippen LogP contribution in [0, 0.1) is 11.7 Å². The highest BCUT2D eigenvalue weighted by atomic mass is 19.1. The number of allylic oxidation sites excluding steroid dienone is 1. The Morgan fingerprint density at radius 1 is 1.26 bits per heavy atom. The lowest BCUT2D eigenvalue weighted by atomic mass is 9.91. The lowest BCUT2D eigenvalue weighted by Crippen LogP contribution is -2.31. The zero-order chi connectivity index (χ0) is 16.8. The second kappa shape index (κ2) is 7.81. The molecule has 1 aliphatic carbocycles. The number of carbonyl (C=O) groups excluding carboxylic acids is 3. The number of carbonyl (C=O) groups is 3. The molecule has 1 saturated carbocycles. The molecule has 122 valence electrons. The Morgan fingerprint density at radius 2 is 1.96 bits per heavy atom. The molecule has 0 radical (unpaired) electrons. The van der Waals surface area contributed by atoms with Gasteiger partial charge in [-0.1, -0.05) is 18.6 Å². The summed E-state index contributed by atoms with van der Waals surface area (Å²) in [6.45, 7) is 1.71. The Kier molecular flexibility index (Phi) is 5.79. The van der Waals surface area contributed by atoms with Gasteiger partial charge in [-0.3, -0.25) is 9.59 Å². The van der Waals surface area contributed by atoms with Crippen molar-refractivity contribution in [1.29, 1.82) is 0 Å². The van der Waals surface area contributed by atoms with Crippen LogP contribution in [0.1, 0.15) is 38.2 Å². The van der Waals surface area contributed by atoms with Gasteiger partial charge in [0.2, 0.25) is 0 Å². The summed E-state index contributed by atoms with van der Waals surface area (Å²) in [7, 11) is 0. The van der Waals surface area contributed by atoms with Crippen LogP contribution in [0.25, 0.3) is 6.08 Å². The number of benzene rings is 1. The van der Waals surface area contributed by atoms with Crippen LogP contribution in [-0.4, -0.2) is 24.1 Å². The van der Waals surface area contributed by atoms with Crippen molar-refractivity contribution in [3.63, 3.8) is 0 Å². The predicted molar refractivity (Wildman–Crippen MR) is 83.0 cm³/mol. The van der Waals surface area contributed by atoms with Gasteiger partial charge in [-0.15, -0.1) is 0 Å². The summed E-state index contributed by atoms with van der Waals surface area (Å²) in [5, 5.41) is 0. The molecule has 23 heavy (non-hydrogen) atoms. The fraction of sp³-hybridized carbons (Fsp3) is 0.389. The van der Waals surface area contributed by atoms with Crippen molar-refractivity contribution in [2.75, 3.05) is 6.61 Å². The van der Waals surface area contributed by atoms with Crippen LogP contribution in [0.5, 0.6) is 0 Å². The minimum atomic E-state index is -0.969. The number of esters is 1. The lowest BCUT2D eigenvalue weighted by Gasteiger charge is -2.12. The first kappa shape index (κ1) is 17.1. The molecule has 1 unspecified atom stereocenters. The first-order valence-electron chi connectivity index (χ1n) is 7.74. The van der Waals surface area contributed by atoms with E-state index in [1.54, 1.807) is 25.1 Å². The number of Topliss-reactive ketones (excluding diaryl/α,β-unsaturated/α-hetero) is 2. The quantitative estimate of drug-likeness (QED) is 0.281. The molecule has 5 heteroatoms. The van der Waals surface area contributed by atoms with E-state index in [9.17, 15) is 18.8 Å². The van der Waals surface area contributed by atoms with E-state index in [0.717, 1.165) is 6.42 Å². The smallest absolute Gasteiger partial charge is 0.375 e. The second-order valence-electron chi connectivity index (χ2n) is 5.47. The van der Waals surface area contributed by atoms with E-state index in [1.165, 1.54) is 12.1 Å². The van der Waals surface area contributed by atoms with Gasteiger partial charge in [-0.25, -0.2) is 9.18 Å². The van der Waals surface area contributed by atoms with Crippen LogP contribution in [0.4, 0.5) is 4.39 Å². The molecule has 0 bridgehead atoms. The first-order chi connectivity index (χ1) is 11.0. The molecular formula is C18H19FO4. The van der Waals surface area contributed by atoms with Crippen LogP contribution >= 0.6 is 0 Å². The molecule has 0 aromatic heterocycles. The van der Waals surface area contributed by atoms with E-state index in [2.05, 4.69) is 0 Å². The molecule has 4 nitrogen and oxygen atoms in total. The number of hydrogen-bond donors (Lipinski definition) is 0. The van der Waals surface area contributed by atoms with E-state index >= 15 is 0 Å². The maximum atomic E-state index is 13.0. The van der Waals surface area contributed by atoms with Gasteiger partial charge >= 0.3 is 5.97 Å². The zero-order valence-corrected chi connectivity index (χ0v) is 13.0. The maximum absolute atomic E-state index is 13.0. The van der Waals surface area contributed by atoms with Gasteiger partial charge in [-0.2, -0.15) is 0 Å². The Morgan fingerprint density at radius 3 is 2.61 bits per heavy atom. The highest BCUT2D eigenvalue weighted by Gasteiger charge is 2.35. The standard InChI is InChI=1S/C18H19FO4/c1-2-23-18(22)17(21)15-6-4-3-5-13(16(15)20)11-12-7-9-14(19)10-8-12/h7-11,15H,2-6H2,1H3/b13-11+. The molecule has 2 rings (SSSR count). The number of ketones is 2. The van der Waals surface area contributed by atoms with E-state index in [4.69, 9.17) is 4.74 Å². The molecule has 1 aromatic rings. The molecule has 0 heterocycles. The average molecular weight is 318 g/mol. The van der Waals surface area contributed by atoms with Crippen molar-refractivity contribution < 1.29 is 23.5 Å². The van der Waals surface area contributed by atoms with Crippen LogP contribution in [0.2, 0.25) is 0 Å². The van der Waals surface area contributed by atoms with Gasteiger partial charge in [0, 0.05) is 0 Å². The number of halogens is 1. The number of hydrogen-bond acceptors (Lipinski definition) is 4. The van der Waals surface area contributed by atoms with Crippen molar-refractivity contribution in [3.8, 4) is 0 Å². The largest absolute Gasteiger partial charge is 0.460 e. The molecule has 0 saturated heterocycles. The van der Waals surface area contributed by atoms with Crippen molar-refractivity contribution in [2.24, 2.45) is 5.92 Å². The molecule has 1 atom stereocenters. The molecule has 0 aliphatic heterocycles. The molecule has 0 spiro atoms. The van der Waals surface area contributed by atoms with E-state index < -0.39 is 17.7 Å². The van der Waals surface area contributed by atoms with Crippen LogP contribution in [0.15, 0.2) is 29.8 Å². The Bertz CT molecular complexity index is 631. The van der Waals surface area contributed by atoms with Gasteiger partial charge in [0.15, 0.2) is 5.78 Å². The summed E-state index contributed by atoms with van der Waals surface area (Å²) in [6.07, 6.45) is 4.03. The lowest BCUT2D eigenvalue weighted by molar-refractivity contribution is -0.156. The van der Waals surface area contributed by atoms with Gasteiger partial charge in [0.25, 0.3) is 5.78 Å². The topological polar surface area (TPSA) is 60.4 Å². The van der Waals surface area contributed by atoms with Crippen molar-refractivity contribution in [1.82, 2.24) is 0 Å². The third-order valence-corrected chi connectivity index (χ3v) is 3.83. The molecule has 1 aliphatic rings. The highest BCUT2D eigenvalue weighted by Crippen LogP contribution is 2.27. The third kappa shape index (κ3) is 4.34. The van der Waals surface area contributed by atoms with E-state index in [0.29, 0.717) is 30.4 Å². The summed E-state index contributed by atoms with van der Waals surface area (Å²) < 4.78 is 17.7. The summed E-state index contributed by atoms with van der Waals surface area (Å²) >= 11 is 0. The van der Waals surface area contributed by atoms with Gasteiger partial charge < -0.3 is 4.74 Å². The normalized spacial score (nSPS) is 20.2. The highest BCUT2D eigenvalue weighted by molar-refractivity contribution is 6.39. The van der Waals surface area contributed by atoms with Crippen molar-refractivity contribution in [2.45, 2.75) is 32.6 Å². The third-order valence-electron chi connectivity index (χ3n) is 3.83. The summed E-state index contributed by atoms with van der Waals surface area (Å²) in [5.74, 6) is -3.37. The summed E-state index contributed by atoms with van der Waals surface area (Å²) in [5.41, 5.74) is 1.19. The average Bonchev–Trinajstić information content (AvgIpc) is 2.71.